The molecule has 1 atom stereocenters. The molecule has 20 heavy (non-hydrogen) atoms. The maximum absolute atomic E-state index is 9.15. The number of aromatic amines is 1. The number of nitrogens with one attached hydrogen (secondary N) is 1. The summed E-state index contributed by atoms with van der Waals surface area (Å²) < 4.78 is 0. The molecule has 110 valence electrons. The molecule has 1 aromatic rings. The zero-order valence-electron chi connectivity index (χ0n) is 11.6. The van der Waals surface area contributed by atoms with Crippen molar-refractivity contribution in [1.82, 2.24) is 20.3 Å². The number of hydrogen-bond donors (Lipinski definition) is 3. The van der Waals surface area contributed by atoms with Crippen LogP contribution in [0.25, 0.3) is 0 Å². The Hall–Kier alpha value is -1.50. The van der Waals surface area contributed by atoms with Gasteiger partial charge in [0, 0.05) is 31.5 Å². The molecule has 0 spiro atoms. The predicted molar refractivity (Wildman–Crippen MR) is 76.0 cm³/mol. The predicted octanol–water partition coefficient (Wildman–Crippen LogP) is 0.136. The zero-order chi connectivity index (χ0) is 14.3. The number of aromatic nitrogens is 3. The highest BCUT2D eigenvalue weighted by molar-refractivity contribution is 5.20. The van der Waals surface area contributed by atoms with E-state index in [2.05, 4.69) is 38.5 Å². The van der Waals surface area contributed by atoms with E-state index in [1.165, 1.54) is 0 Å². The number of nitrogens with zero attached hydrogens (tertiary/aromatic N) is 3. The standard InChI is InChI=1S/C14H22N4O2/c19-8-6-18(7-9-20)12-14(4-2-1-3-5-14)10-13-11-15-17-16-13/h1-4,11,19-20H,5-10,12H2,(H,15,16,17). The van der Waals surface area contributed by atoms with Crippen LogP contribution in [0.5, 0.6) is 0 Å². The first kappa shape index (κ1) is 14.9. The van der Waals surface area contributed by atoms with E-state index in [1.807, 2.05) is 6.08 Å². The van der Waals surface area contributed by atoms with Crippen molar-refractivity contribution in [3.05, 3.63) is 36.2 Å². The van der Waals surface area contributed by atoms with Gasteiger partial charge < -0.3 is 10.2 Å². The van der Waals surface area contributed by atoms with Gasteiger partial charge >= 0.3 is 0 Å². The molecule has 0 saturated heterocycles. The normalized spacial score (nSPS) is 21.8. The number of H-pyrrole nitrogens is 1. The van der Waals surface area contributed by atoms with Crippen LogP contribution < -0.4 is 0 Å². The second kappa shape index (κ2) is 7.33. The van der Waals surface area contributed by atoms with Gasteiger partial charge in [-0.3, -0.25) is 4.90 Å². The zero-order valence-corrected chi connectivity index (χ0v) is 11.6. The van der Waals surface area contributed by atoms with Gasteiger partial charge in [0.25, 0.3) is 0 Å². The smallest absolute Gasteiger partial charge is 0.0833 e. The van der Waals surface area contributed by atoms with Gasteiger partial charge in [0.1, 0.15) is 0 Å². The van der Waals surface area contributed by atoms with Gasteiger partial charge in [0.05, 0.1) is 25.1 Å². The molecule has 6 heteroatoms. The van der Waals surface area contributed by atoms with Crippen LogP contribution in [-0.2, 0) is 6.42 Å². The molecular weight excluding hydrogens is 256 g/mol. The van der Waals surface area contributed by atoms with Gasteiger partial charge in [-0.1, -0.05) is 24.3 Å². The van der Waals surface area contributed by atoms with Gasteiger partial charge in [0.2, 0.25) is 0 Å². The first-order chi connectivity index (χ1) is 9.78. The third kappa shape index (κ3) is 4.00. The van der Waals surface area contributed by atoms with Crippen LogP contribution in [0.2, 0.25) is 0 Å². The first-order valence-corrected chi connectivity index (χ1v) is 6.91. The molecule has 3 N–H and O–H groups in total. The maximum atomic E-state index is 9.15. The SMILES string of the molecule is OCCN(CCO)CC1(Cc2cn[nH]n2)C=CC=CC1. The monoisotopic (exact) mass is 278 g/mol. The minimum atomic E-state index is -0.0596. The summed E-state index contributed by atoms with van der Waals surface area (Å²) in [7, 11) is 0. The fraction of sp³-hybridized carbons (Fsp3) is 0.571. The van der Waals surface area contributed by atoms with Crippen molar-refractivity contribution in [3.63, 3.8) is 0 Å². The van der Waals surface area contributed by atoms with Crippen molar-refractivity contribution in [1.29, 1.82) is 0 Å². The number of aliphatic hydroxyl groups excluding tert-OH is 2. The molecule has 2 rings (SSSR count). The third-order valence-corrected chi connectivity index (χ3v) is 3.59. The van der Waals surface area contributed by atoms with Crippen molar-refractivity contribution in [3.8, 4) is 0 Å². The molecule has 0 fully saturated rings. The van der Waals surface area contributed by atoms with E-state index in [-0.39, 0.29) is 18.6 Å². The molecule has 0 aromatic carbocycles. The van der Waals surface area contributed by atoms with E-state index in [4.69, 9.17) is 10.2 Å². The largest absolute Gasteiger partial charge is 0.395 e. The molecule has 0 radical (unpaired) electrons. The fourth-order valence-electron chi connectivity index (χ4n) is 2.68. The molecule has 1 unspecified atom stereocenters. The van der Waals surface area contributed by atoms with Crippen LogP contribution >= 0.6 is 0 Å². The molecule has 1 aliphatic carbocycles. The Morgan fingerprint density at radius 2 is 2.05 bits per heavy atom. The molecule has 1 aromatic heterocycles. The lowest BCUT2D eigenvalue weighted by atomic mass is 9.77. The minimum absolute atomic E-state index is 0.0596. The van der Waals surface area contributed by atoms with Crippen LogP contribution in [0.4, 0.5) is 0 Å². The number of hydrogen-bond acceptors (Lipinski definition) is 5. The Labute approximate surface area is 118 Å². The summed E-state index contributed by atoms with van der Waals surface area (Å²) in [6.07, 6.45) is 11.9. The Bertz CT molecular complexity index is 438. The van der Waals surface area contributed by atoms with E-state index in [0.29, 0.717) is 13.1 Å². The summed E-state index contributed by atoms with van der Waals surface area (Å²) in [5.74, 6) is 0. The molecule has 0 aliphatic heterocycles. The van der Waals surface area contributed by atoms with Crippen LogP contribution in [-0.4, -0.2) is 63.4 Å². The second-order valence-corrected chi connectivity index (χ2v) is 5.22. The fourth-order valence-corrected chi connectivity index (χ4v) is 2.68. The summed E-state index contributed by atoms with van der Waals surface area (Å²) in [6, 6.07) is 0. The van der Waals surface area contributed by atoms with Crippen LogP contribution in [0.1, 0.15) is 12.1 Å². The lowest BCUT2D eigenvalue weighted by Gasteiger charge is -2.36. The molecule has 0 amide bonds. The topological polar surface area (TPSA) is 85.3 Å². The van der Waals surface area contributed by atoms with Crippen molar-refractivity contribution < 1.29 is 10.2 Å². The van der Waals surface area contributed by atoms with Gasteiger partial charge in [-0.15, -0.1) is 0 Å². The van der Waals surface area contributed by atoms with E-state index >= 15 is 0 Å². The number of rotatable bonds is 8. The van der Waals surface area contributed by atoms with Gasteiger partial charge in [-0.05, 0) is 6.42 Å². The second-order valence-electron chi connectivity index (χ2n) is 5.22. The summed E-state index contributed by atoms with van der Waals surface area (Å²) in [5, 5.41) is 28.9. The highest BCUT2D eigenvalue weighted by Gasteiger charge is 2.30. The molecule has 0 saturated carbocycles. The number of allylic oxidation sites excluding steroid dienone is 3. The van der Waals surface area contributed by atoms with Crippen LogP contribution in [0.15, 0.2) is 30.5 Å². The highest BCUT2D eigenvalue weighted by atomic mass is 16.3. The maximum Gasteiger partial charge on any atom is 0.0833 e. The van der Waals surface area contributed by atoms with Gasteiger partial charge in [0.15, 0.2) is 0 Å². The van der Waals surface area contributed by atoms with E-state index < -0.39 is 0 Å². The lowest BCUT2D eigenvalue weighted by molar-refractivity contribution is 0.123. The molecular formula is C14H22N4O2. The third-order valence-electron chi connectivity index (χ3n) is 3.59. The van der Waals surface area contributed by atoms with Gasteiger partial charge in [-0.25, -0.2) is 0 Å². The van der Waals surface area contributed by atoms with E-state index in [1.54, 1.807) is 6.20 Å². The summed E-state index contributed by atoms with van der Waals surface area (Å²) in [6.45, 7) is 2.11. The van der Waals surface area contributed by atoms with Crippen molar-refractivity contribution in [2.45, 2.75) is 12.8 Å². The van der Waals surface area contributed by atoms with E-state index in [9.17, 15) is 0 Å². The Morgan fingerprint density at radius 1 is 1.25 bits per heavy atom. The Balaban J connectivity index is 2.10. The Morgan fingerprint density at radius 3 is 2.60 bits per heavy atom. The molecule has 1 heterocycles. The molecule has 0 bridgehead atoms. The first-order valence-electron chi connectivity index (χ1n) is 6.91. The van der Waals surface area contributed by atoms with Crippen molar-refractivity contribution in [2.75, 3.05) is 32.8 Å². The highest BCUT2D eigenvalue weighted by Crippen LogP contribution is 2.32. The summed E-state index contributed by atoms with van der Waals surface area (Å²) >= 11 is 0. The summed E-state index contributed by atoms with van der Waals surface area (Å²) in [4.78, 5) is 2.09. The summed E-state index contributed by atoms with van der Waals surface area (Å²) in [5.41, 5.74) is 0.869. The van der Waals surface area contributed by atoms with Crippen LogP contribution in [0.3, 0.4) is 0 Å². The van der Waals surface area contributed by atoms with Crippen molar-refractivity contribution in [2.24, 2.45) is 5.41 Å². The average Bonchev–Trinajstić information content (AvgIpc) is 2.93. The molecule has 1 aliphatic rings. The van der Waals surface area contributed by atoms with Crippen LogP contribution in [0, 0.1) is 5.41 Å². The minimum Gasteiger partial charge on any atom is -0.395 e. The van der Waals surface area contributed by atoms with E-state index in [0.717, 1.165) is 25.1 Å². The Kier molecular flexibility index (Phi) is 5.46. The van der Waals surface area contributed by atoms with Gasteiger partial charge in [-0.2, -0.15) is 15.4 Å². The quantitative estimate of drug-likeness (QED) is 0.629. The number of aliphatic hydroxyl groups is 2. The lowest BCUT2D eigenvalue weighted by Crippen LogP contribution is -2.41. The average molecular weight is 278 g/mol. The molecule has 6 nitrogen and oxygen atoms in total. The van der Waals surface area contributed by atoms with Crippen molar-refractivity contribution >= 4 is 0 Å².